The van der Waals surface area contributed by atoms with Crippen LogP contribution in [0, 0.1) is 32.0 Å². The van der Waals surface area contributed by atoms with Crippen molar-refractivity contribution in [2.24, 2.45) is 4.99 Å². The number of amides is 1. The normalized spacial score (nSPS) is 11.8. The highest BCUT2D eigenvalue weighted by Crippen LogP contribution is 2.21. The quantitative estimate of drug-likeness (QED) is 0.677. The molecule has 0 fully saturated rings. The van der Waals surface area contributed by atoms with Gasteiger partial charge in [-0.15, -0.1) is 6.42 Å². The van der Waals surface area contributed by atoms with Crippen molar-refractivity contribution in [1.29, 1.82) is 0 Å². The largest absolute Gasteiger partial charge is 0.466 e. The second-order valence-corrected chi connectivity index (χ2v) is 6.01. The van der Waals surface area contributed by atoms with Gasteiger partial charge in [-0.2, -0.15) is 4.99 Å². The van der Waals surface area contributed by atoms with Crippen LogP contribution in [0.15, 0.2) is 33.7 Å². The Labute approximate surface area is 135 Å². The Balaban J connectivity index is 2.21. The van der Waals surface area contributed by atoms with E-state index in [2.05, 4.69) is 10.9 Å². The van der Waals surface area contributed by atoms with Gasteiger partial charge < -0.3 is 8.98 Å². The molecule has 0 unspecified atom stereocenters. The van der Waals surface area contributed by atoms with Crippen LogP contribution in [0.5, 0.6) is 0 Å². The number of carbonyl (C=O) groups excluding carboxylic acids is 1. The molecule has 0 aliphatic rings. The molecule has 0 aliphatic heterocycles. The van der Waals surface area contributed by atoms with Crippen LogP contribution in [0.2, 0.25) is 0 Å². The number of aromatic nitrogens is 1. The van der Waals surface area contributed by atoms with Gasteiger partial charge in [0, 0.05) is 0 Å². The number of fused-ring (bicyclic) bond motifs is 1. The zero-order valence-electron chi connectivity index (χ0n) is 12.6. The van der Waals surface area contributed by atoms with E-state index in [1.807, 2.05) is 0 Å². The lowest BCUT2D eigenvalue weighted by Gasteiger charge is -2.00. The average Bonchev–Trinajstić information content (AvgIpc) is 3.01. The number of hydrogen-bond donors (Lipinski definition) is 0. The summed E-state index contributed by atoms with van der Waals surface area (Å²) in [5, 5.41) is 0. The van der Waals surface area contributed by atoms with E-state index >= 15 is 0 Å². The van der Waals surface area contributed by atoms with Gasteiger partial charge >= 0.3 is 0 Å². The Morgan fingerprint density at radius 3 is 2.91 bits per heavy atom. The molecule has 2 aromatic heterocycles. The first-order valence-electron chi connectivity index (χ1n) is 6.88. The van der Waals surface area contributed by atoms with Gasteiger partial charge in [-0.3, -0.25) is 4.79 Å². The second-order valence-electron chi connectivity index (χ2n) is 5.01. The van der Waals surface area contributed by atoms with E-state index in [0.717, 1.165) is 0 Å². The SMILES string of the molecule is C#CCn1c(=NC(=O)c2cc(C)oc2C)sc2cccc(F)c21. The Morgan fingerprint density at radius 2 is 2.26 bits per heavy atom. The number of halogens is 1. The maximum absolute atomic E-state index is 14.1. The molecule has 0 radical (unpaired) electrons. The van der Waals surface area contributed by atoms with Gasteiger partial charge in [-0.25, -0.2) is 4.39 Å². The van der Waals surface area contributed by atoms with Crippen LogP contribution in [0.4, 0.5) is 4.39 Å². The number of thiazole rings is 1. The summed E-state index contributed by atoms with van der Waals surface area (Å²) in [5.74, 6) is 2.79. The molecule has 23 heavy (non-hydrogen) atoms. The Hall–Kier alpha value is -2.65. The highest BCUT2D eigenvalue weighted by Gasteiger charge is 2.15. The number of nitrogens with zero attached hydrogens (tertiary/aromatic N) is 2. The minimum atomic E-state index is -0.433. The third-order valence-electron chi connectivity index (χ3n) is 3.37. The maximum Gasteiger partial charge on any atom is 0.283 e. The van der Waals surface area contributed by atoms with Crippen LogP contribution < -0.4 is 4.80 Å². The van der Waals surface area contributed by atoms with Crippen LogP contribution >= 0.6 is 11.3 Å². The van der Waals surface area contributed by atoms with Gasteiger partial charge in [0.2, 0.25) is 0 Å². The third-order valence-corrected chi connectivity index (χ3v) is 4.41. The minimum Gasteiger partial charge on any atom is -0.466 e. The first-order chi connectivity index (χ1) is 11.0. The second kappa shape index (κ2) is 5.86. The van der Waals surface area contributed by atoms with Crippen LogP contribution in [-0.2, 0) is 6.54 Å². The number of para-hydroxylation sites is 1. The topological polar surface area (TPSA) is 47.5 Å². The van der Waals surface area contributed by atoms with Crippen LogP contribution in [0.25, 0.3) is 10.2 Å². The van der Waals surface area contributed by atoms with Crippen molar-refractivity contribution in [1.82, 2.24) is 4.57 Å². The monoisotopic (exact) mass is 328 g/mol. The van der Waals surface area contributed by atoms with E-state index < -0.39 is 11.7 Å². The van der Waals surface area contributed by atoms with E-state index in [-0.39, 0.29) is 6.54 Å². The minimum absolute atomic E-state index is 0.135. The highest BCUT2D eigenvalue weighted by molar-refractivity contribution is 7.16. The summed E-state index contributed by atoms with van der Waals surface area (Å²) in [6, 6.07) is 6.38. The molecule has 1 amide bonds. The molecule has 116 valence electrons. The van der Waals surface area contributed by atoms with Crippen molar-refractivity contribution in [2.75, 3.05) is 0 Å². The van der Waals surface area contributed by atoms with Gasteiger partial charge in [0.15, 0.2) is 4.80 Å². The zero-order valence-corrected chi connectivity index (χ0v) is 13.4. The summed E-state index contributed by atoms with van der Waals surface area (Å²) in [6.07, 6.45) is 5.37. The first kappa shape index (κ1) is 15.3. The van der Waals surface area contributed by atoms with Gasteiger partial charge in [-0.1, -0.05) is 23.3 Å². The number of aryl methyl sites for hydroxylation is 2. The number of furan rings is 1. The number of terminal acetylenes is 1. The summed E-state index contributed by atoms with van der Waals surface area (Å²) in [4.78, 5) is 16.9. The maximum atomic E-state index is 14.1. The predicted molar refractivity (Wildman–Crippen MR) is 86.7 cm³/mol. The fourth-order valence-corrected chi connectivity index (χ4v) is 3.44. The number of hydrogen-bond acceptors (Lipinski definition) is 3. The lowest BCUT2D eigenvalue weighted by Crippen LogP contribution is -2.17. The van der Waals surface area contributed by atoms with Gasteiger partial charge in [0.1, 0.15) is 17.3 Å². The molecule has 0 atom stereocenters. The van der Waals surface area contributed by atoms with E-state index in [9.17, 15) is 9.18 Å². The first-order valence-corrected chi connectivity index (χ1v) is 7.70. The highest BCUT2D eigenvalue weighted by atomic mass is 32.1. The molecule has 2 heterocycles. The number of rotatable bonds is 2. The summed E-state index contributed by atoms with van der Waals surface area (Å²) >= 11 is 1.22. The van der Waals surface area contributed by atoms with Crippen molar-refractivity contribution in [3.05, 3.63) is 52.0 Å². The number of benzene rings is 1. The summed E-state index contributed by atoms with van der Waals surface area (Å²) in [6.45, 7) is 3.60. The Kier molecular flexibility index (Phi) is 3.89. The van der Waals surface area contributed by atoms with Crippen molar-refractivity contribution in [3.63, 3.8) is 0 Å². The Bertz CT molecular complexity index is 1020. The van der Waals surface area contributed by atoms with Gasteiger partial charge in [0.25, 0.3) is 5.91 Å². The smallest absolute Gasteiger partial charge is 0.283 e. The fourth-order valence-electron chi connectivity index (χ4n) is 2.40. The molecule has 0 saturated carbocycles. The molecule has 0 N–H and O–H groups in total. The molecule has 0 aliphatic carbocycles. The van der Waals surface area contributed by atoms with Crippen molar-refractivity contribution in [3.8, 4) is 12.3 Å². The molecule has 0 spiro atoms. The van der Waals surface area contributed by atoms with Crippen molar-refractivity contribution >= 4 is 27.5 Å². The molecule has 4 nitrogen and oxygen atoms in total. The zero-order chi connectivity index (χ0) is 16.6. The van der Waals surface area contributed by atoms with E-state index in [4.69, 9.17) is 10.8 Å². The van der Waals surface area contributed by atoms with E-state index in [0.29, 0.717) is 32.1 Å². The molecule has 3 rings (SSSR count). The van der Waals surface area contributed by atoms with Crippen LogP contribution in [0.1, 0.15) is 21.9 Å². The molecule has 0 saturated heterocycles. The van der Waals surface area contributed by atoms with Crippen LogP contribution in [-0.4, -0.2) is 10.5 Å². The molecular formula is C17H13FN2O2S. The van der Waals surface area contributed by atoms with Crippen molar-refractivity contribution in [2.45, 2.75) is 20.4 Å². The fraction of sp³-hybridized carbons (Fsp3) is 0.176. The molecule has 3 aromatic rings. The summed E-state index contributed by atoms with van der Waals surface area (Å²) in [5.41, 5.74) is 0.759. The van der Waals surface area contributed by atoms with Crippen LogP contribution in [0.3, 0.4) is 0 Å². The summed E-state index contributed by atoms with van der Waals surface area (Å²) < 4.78 is 21.7. The van der Waals surface area contributed by atoms with Gasteiger partial charge in [0.05, 0.1) is 22.3 Å². The third kappa shape index (κ3) is 2.71. The van der Waals surface area contributed by atoms with E-state index in [1.54, 1.807) is 32.0 Å². The van der Waals surface area contributed by atoms with E-state index in [1.165, 1.54) is 22.0 Å². The average molecular weight is 328 g/mol. The summed E-state index contributed by atoms with van der Waals surface area (Å²) in [7, 11) is 0. The lowest BCUT2D eigenvalue weighted by molar-refractivity contribution is 0.0996. The molecule has 0 bridgehead atoms. The number of carbonyl (C=O) groups is 1. The van der Waals surface area contributed by atoms with Crippen molar-refractivity contribution < 1.29 is 13.6 Å². The van der Waals surface area contributed by atoms with Gasteiger partial charge in [-0.05, 0) is 32.0 Å². The predicted octanol–water partition coefficient (Wildman–Crippen LogP) is 3.43. The molecule has 1 aromatic carbocycles. The standard InChI is InChI=1S/C17H13FN2O2S/c1-4-8-20-15-13(18)6-5-7-14(15)23-17(20)19-16(21)12-9-10(2)22-11(12)3/h1,5-7,9H,8H2,2-3H3. The lowest BCUT2D eigenvalue weighted by atomic mass is 10.2. The molecule has 6 heteroatoms. The Morgan fingerprint density at radius 1 is 1.48 bits per heavy atom. The molecular weight excluding hydrogens is 315 g/mol.